The van der Waals surface area contributed by atoms with Crippen molar-refractivity contribution in [3.05, 3.63) is 0 Å². The number of nitrogens with two attached hydrogens (primary N) is 1. The van der Waals surface area contributed by atoms with Crippen molar-refractivity contribution in [1.82, 2.24) is 4.90 Å². The van der Waals surface area contributed by atoms with E-state index in [0.29, 0.717) is 0 Å². The maximum Gasteiger partial charge on any atom is 0.0101 e. The minimum Gasteiger partial charge on any atom is -0.330 e. The molecule has 0 amide bonds. The molecule has 94 valence electrons. The Morgan fingerprint density at radius 1 is 1.12 bits per heavy atom. The molecule has 2 saturated carbocycles. The molecule has 2 N–H and O–H groups in total. The Bertz CT molecular complexity index is 201. The molecule has 2 fully saturated rings. The van der Waals surface area contributed by atoms with E-state index >= 15 is 0 Å². The van der Waals surface area contributed by atoms with Crippen LogP contribution in [-0.4, -0.2) is 30.1 Å². The van der Waals surface area contributed by atoms with Gasteiger partial charge < -0.3 is 5.73 Å². The third-order valence-electron chi connectivity index (χ3n) is 4.44. The maximum absolute atomic E-state index is 5.65. The topological polar surface area (TPSA) is 29.3 Å². The van der Waals surface area contributed by atoms with Gasteiger partial charge in [-0.25, -0.2) is 0 Å². The molecule has 2 rings (SSSR count). The third kappa shape index (κ3) is 3.21. The van der Waals surface area contributed by atoms with Gasteiger partial charge >= 0.3 is 0 Å². The van der Waals surface area contributed by atoms with Crippen LogP contribution in [0.5, 0.6) is 0 Å². The van der Waals surface area contributed by atoms with Gasteiger partial charge in [-0.15, -0.1) is 0 Å². The molecule has 2 nitrogen and oxygen atoms in total. The molecule has 2 unspecified atom stereocenters. The Morgan fingerprint density at radius 2 is 1.94 bits per heavy atom. The largest absolute Gasteiger partial charge is 0.330 e. The van der Waals surface area contributed by atoms with Crippen LogP contribution in [0.3, 0.4) is 0 Å². The van der Waals surface area contributed by atoms with Gasteiger partial charge in [0.25, 0.3) is 0 Å². The van der Waals surface area contributed by atoms with Crippen molar-refractivity contribution in [2.75, 3.05) is 13.1 Å². The van der Waals surface area contributed by atoms with E-state index in [9.17, 15) is 0 Å². The fraction of sp³-hybridized carbons (Fsp3) is 1.00. The van der Waals surface area contributed by atoms with Crippen molar-refractivity contribution in [2.45, 2.75) is 70.4 Å². The zero-order valence-corrected chi connectivity index (χ0v) is 10.8. The third-order valence-corrected chi connectivity index (χ3v) is 4.44. The molecule has 16 heavy (non-hydrogen) atoms. The lowest BCUT2D eigenvalue weighted by molar-refractivity contribution is 0.120. The van der Waals surface area contributed by atoms with E-state index in [0.717, 1.165) is 24.5 Å². The molecule has 0 aliphatic heterocycles. The summed E-state index contributed by atoms with van der Waals surface area (Å²) < 4.78 is 0. The predicted octanol–water partition coefficient (Wildman–Crippen LogP) is 2.77. The Kier molecular flexibility index (Phi) is 4.66. The van der Waals surface area contributed by atoms with Crippen molar-refractivity contribution >= 4 is 0 Å². The van der Waals surface area contributed by atoms with Crippen molar-refractivity contribution in [3.63, 3.8) is 0 Å². The summed E-state index contributed by atoms with van der Waals surface area (Å²) >= 11 is 0. The Balaban J connectivity index is 1.85. The summed E-state index contributed by atoms with van der Waals surface area (Å²) in [7, 11) is 0. The minimum atomic E-state index is 0.854. The molecule has 2 atom stereocenters. The van der Waals surface area contributed by atoms with Gasteiger partial charge in [0.2, 0.25) is 0 Å². The second-order valence-electron chi connectivity index (χ2n) is 5.71. The quantitative estimate of drug-likeness (QED) is 0.751. The lowest BCUT2D eigenvalue weighted by Crippen LogP contribution is -2.41. The molecule has 2 heteroatoms. The van der Waals surface area contributed by atoms with Crippen molar-refractivity contribution < 1.29 is 0 Å². The minimum absolute atomic E-state index is 0.854. The van der Waals surface area contributed by atoms with E-state index in [-0.39, 0.29) is 0 Å². The van der Waals surface area contributed by atoms with Gasteiger partial charge in [0, 0.05) is 12.1 Å². The van der Waals surface area contributed by atoms with Crippen molar-refractivity contribution in [1.29, 1.82) is 0 Å². The van der Waals surface area contributed by atoms with Crippen molar-refractivity contribution in [3.8, 4) is 0 Å². The molecule has 0 aromatic heterocycles. The number of hydrogen-bond donors (Lipinski definition) is 1. The van der Waals surface area contributed by atoms with E-state index in [1.165, 1.54) is 57.9 Å². The molecule has 0 aromatic carbocycles. The molecule has 0 aromatic rings. The van der Waals surface area contributed by atoms with Crippen LogP contribution in [-0.2, 0) is 0 Å². The number of rotatable bonds is 6. The van der Waals surface area contributed by atoms with Gasteiger partial charge in [0.1, 0.15) is 0 Å². The molecular formula is C14H28N2. The average Bonchev–Trinajstić information content (AvgIpc) is 3.14. The lowest BCUT2D eigenvalue weighted by Gasteiger charge is -2.37. The highest BCUT2D eigenvalue weighted by molar-refractivity contribution is 4.91. The average molecular weight is 224 g/mol. The van der Waals surface area contributed by atoms with E-state index in [1.54, 1.807) is 0 Å². The van der Waals surface area contributed by atoms with E-state index in [4.69, 9.17) is 5.73 Å². The molecule has 0 heterocycles. The first-order valence-corrected chi connectivity index (χ1v) is 7.31. The van der Waals surface area contributed by atoms with E-state index in [2.05, 4.69) is 11.8 Å². The van der Waals surface area contributed by atoms with Crippen molar-refractivity contribution in [2.24, 2.45) is 11.7 Å². The molecule has 0 spiro atoms. The van der Waals surface area contributed by atoms with Gasteiger partial charge in [-0.1, -0.05) is 26.2 Å². The summed E-state index contributed by atoms with van der Waals surface area (Å²) in [6, 6.07) is 1.81. The van der Waals surface area contributed by atoms with Crippen LogP contribution in [0.1, 0.15) is 58.3 Å². The standard InChI is InChI=1S/C14H28N2/c1-2-12-5-3-6-14(11-12)16(10-4-9-15)13-7-8-13/h12-14H,2-11,15H2,1H3. The maximum atomic E-state index is 5.65. The van der Waals surface area contributed by atoms with Crippen LogP contribution < -0.4 is 5.73 Å². The summed E-state index contributed by atoms with van der Waals surface area (Å²) in [5, 5.41) is 0. The van der Waals surface area contributed by atoms with Crippen LogP contribution in [0.15, 0.2) is 0 Å². The fourth-order valence-corrected chi connectivity index (χ4v) is 3.28. The number of nitrogens with zero attached hydrogens (tertiary/aromatic N) is 1. The summed E-state index contributed by atoms with van der Waals surface area (Å²) in [6.45, 7) is 4.46. The Labute approximate surface area is 101 Å². The van der Waals surface area contributed by atoms with Crippen LogP contribution in [0.2, 0.25) is 0 Å². The normalized spacial score (nSPS) is 30.9. The van der Waals surface area contributed by atoms with E-state index in [1.807, 2.05) is 0 Å². The predicted molar refractivity (Wildman–Crippen MR) is 69.4 cm³/mol. The molecule has 2 aliphatic rings. The summed E-state index contributed by atoms with van der Waals surface area (Å²) in [5.41, 5.74) is 5.65. The second-order valence-corrected chi connectivity index (χ2v) is 5.71. The molecule has 0 radical (unpaired) electrons. The van der Waals surface area contributed by atoms with Gasteiger partial charge in [0.05, 0.1) is 0 Å². The first-order chi connectivity index (χ1) is 7.85. The molecule has 2 aliphatic carbocycles. The first kappa shape index (κ1) is 12.4. The van der Waals surface area contributed by atoms with Crippen LogP contribution in [0, 0.1) is 5.92 Å². The highest BCUT2D eigenvalue weighted by Crippen LogP contribution is 2.36. The van der Waals surface area contributed by atoms with Gasteiger partial charge in [-0.3, -0.25) is 4.90 Å². The Morgan fingerprint density at radius 3 is 2.56 bits per heavy atom. The second kappa shape index (κ2) is 6.02. The SMILES string of the molecule is CCC1CCCC(N(CCCN)C2CC2)C1. The van der Waals surface area contributed by atoms with Gasteiger partial charge in [0.15, 0.2) is 0 Å². The molecule has 0 bridgehead atoms. The van der Waals surface area contributed by atoms with E-state index < -0.39 is 0 Å². The van der Waals surface area contributed by atoms with Gasteiger partial charge in [-0.05, 0) is 51.1 Å². The van der Waals surface area contributed by atoms with Crippen LogP contribution in [0.4, 0.5) is 0 Å². The van der Waals surface area contributed by atoms with Crippen LogP contribution in [0.25, 0.3) is 0 Å². The zero-order valence-electron chi connectivity index (χ0n) is 10.8. The smallest absolute Gasteiger partial charge is 0.0101 e. The lowest BCUT2D eigenvalue weighted by atomic mass is 9.83. The molecule has 0 saturated heterocycles. The van der Waals surface area contributed by atoms with Gasteiger partial charge in [-0.2, -0.15) is 0 Å². The molecular weight excluding hydrogens is 196 g/mol. The van der Waals surface area contributed by atoms with Crippen LogP contribution >= 0.6 is 0 Å². The highest BCUT2D eigenvalue weighted by atomic mass is 15.2. The first-order valence-electron chi connectivity index (χ1n) is 7.31. The summed E-state index contributed by atoms with van der Waals surface area (Å²) in [4.78, 5) is 2.80. The monoisotopic (exact) mass is 224 g/mol. The zero-order chi connectivity index (χ0) is 11.4. The summed E-state index contributed by atoms with van der Waals surface area (Å²) in [5.74, 6) is 0.998. The number of hydrogen-bond acceptors (Lipinski definition) is 2. The highest BCUT2D eigenvalue weighted by Gasteiger charge is 2.35. The fourth-order valence-electron chi connectivity index (χ4n) is 3.28. The Hall–Kier alpha value is -0.0800. The summed E-state index contributed by atoms with van der Waals surface area (Å²) in [6.07, 6.45) is 11.3.